The minimum atomic E-state index is -4.29. The summed E-state index contributed by atoms with van der Waals surface area (Å²) in [7, 11) is 0. The second-order valence-corrected chi connectivity index (χ2v) is 8.52. The molecule has 1 aliphatic heterocycles. The smallest absolute Gasteiger partial charge is 0.390 e. The molecule has 2 aliphatic rings. The molecule has 2 aromatic carbocycles. The van der Waals surface area contributed by atoms with Crippen LogP contribution in [0.4, 0.5) is 13.2 Å². The first-order valence-electron chi connectivity index (χ1n) is 9.96. The number of aliphatic hydroxyl groups is 1. The number of rotatable bonds is 5. The SMILES string of the molecule is OC1(Cc2ccccc2)CC2CN(CCc3cccc(C(F)(F)F)c3)CC2C1. The van der Waals surface area contributed by atoms with Gasteiger partial charge in [-0.25, -0.2) is 0 Å². The van der Waals surface area contributed by atoms with Gasteiger partial charge in [-0.2, -0.15) is 13.2 Å². The van der Waals surface area contributed by atoms with Crippen LogP contribution in [0.25, 0.3) is 0 Å². The minimum Gasteiger partial charge on any atom is -0.390 e. The van der Waals surface area contributed by atoms with Crippen LogP contribution in [0, 0.1) is 11.8 Å². The van der Waals surface area contributed by atoms with Crippen molar-refractivity contribution in [2.45, 2.75) is 37.5 Å². The zero-order valence-electron chi connectivity index (χ0n) is 15.8. The fourth-order valence-electron chi connectivity index (χ4n) is 5.05. The van der Waals surface area contributed by atoms with E-state index in [0.29, 0.717) is 24.7 Å². The summed E-state index contributed by atoms with van der Waals surface area (Å²) in [4.78, 5) is 2.34. The number of halogens is 3. The van der Waals surface area contributed by atoms with Gasteiger partial charge in [-0.15, -0.1) is 0 Å². The van der Waals surface area contributed by atoms with Gasteiger partial charge in [-0.05, 0) is 48.3 Å². The van der Waals surface area contributed by atoms with Crippen LogP contribution in [0.3, 0.4) is 0 Å². The maximum Gasteiger partial charge on any atom is 0.416 e. The van der Waals surface area contributed by atoms with Gasteiger partial charge in [-0.3, -0.25) is 0 Å². The maximum atomic E-state index is 12.9. The summed E-state index contributed by atoms with van der Waals surface area (Å²) in [6.07, 6.45) is -1.34. The molecule has 0 aromatic heterocycles. The molecule has 0 bridgehead atoms. The molecule has 2 fully saturated rings. The zero-order chi connectivity index (χ0) is 19.8. The van der Waals surface area contributed by atoms with Crippen molar-refractivity contribution >= 4 is 0 Å². The van der Waals surface area contributed by atoms with E-state index in [2.05, 4.69) is 17.0 Å². The summed E-state index contributed by atoms with van der Waals surface area (Å²) in [6.45, 7) is 2.63. The van der Waals surface area contributed by atoms with E-state index in [1.165, 1.54) is 17.7 Å². The molecule has 0 radical (unpaired) electrons. The third-order valence-corrected chi connectivity index (χ3v) is 6.28. The van der Waals surface area contributed by atoms with Gasteiger partial charge in [0.2, 0.25) is 0 Å². The summed E-state index contributed by atoms with van der Waals surface area (Å²) in [6, 6.07) is 15.8. The van der Waals surface area contributed by atoms with E-state index in [1.54, 1.807) is 6.07 Å². The molecule has 4 rings (SSSR count). The molecular weight excluding hydrogens is 363 g/mol. The lowest BCUT2D eigenvalue weighted by Gasteiger charge is -2.26. The lowest BCUT2D eigenvalue weighted by Crippen LogP contribution is -2.32. The van der Waals surface area contributed by atoms with Gasteiger partial charge in [0.05, 0.1) is 11.2 Å². The Balaban J connectivity index is 1.30. The molecule has 1 heterocycles. The van der Waals surface area contributed by atoms with Gasteiger partial charge in [0.15, 0.2) is 0 Å². The van der Waals surface area contributed by atoms with Crippen molar-refractivity contribution in [3.63, 3.8) is 0 Å². The highest BCUT2D eigenvalue weighted by Gasteiger charge is 2.47. The average molecular weight is 389 g/mol. The second-order valence-electron chi connectivity index (χ2n) is 8.52. The molecule has 5 heteroatoms. The Morgan fingerprint density at radius 1 is 0.929 bits per heavy atom. The molecule has 0 amide bonds. The van der Waals surface area contributed by atoms with Crippen LogP contribution in [0.15, 0.2) is 54.6 Å². The first-order valence-corrected chi connectivity index (χ1v) is 9.96. The van der Waals surface area contributed by atoms with Crippen molar-refractivity contribution in [1.82, 2.24) is 4.90 Å². The molecular formula is C23H26F3NO. The zero-order valence-corrected chi connectivity index (χ0v) is 15.8. The van der Waals surface area contributed by atoms with E-state index in [0.717, 1.165) is 44.1 Å². The molecule has 2 aromatic rings. The highest BCUT2D eigenvalue weighted by molar-refractivity contribution is 5.26. The summed E-state index contributed by atoms with van der Waals surface area (Å²) in [5.74, 6) is 0.963. The van der Waals surface area contributed by atoms with Gasteiger partial charge in [0.25, 0.3) is 0 Å². The number of fused-ring (bicyclic) bond motifs is 1. The molecule has 2 nitrogen and oxygen atoms in total. The van der Waals surface area contributed by atoms with Crippen LogP contribution >= 0.6 is 0 Å². The Bertz CT molecular complexity index is 791. The normalized spacial score (nSPS) is 27.9. The van der Waals surface area contributed by atoms with Crippen LogP contribution < -0.4 is 0 Å². The monoisotopic (exact) mass is 389 g/mol. The van der Waals surface area contributed by atoms with Crippen molar-refractivity contribution < 1.29 is 18.3 Å². The van der Waals surface area contributed by atoms with Crippen molar-refractivity contribution in [2.75, 3.05) is 19.6 Å². The van der Waals surface area contributed by atoms with Crippen LogP contribution in [-0.4, -0.2) is 35.2 Å². The number of hydrogen-bond acceptors (Lipinski definition) is 2. The van der Waals surface area contributed by atoms with E-state index < -0.39 is 17.3 Å². The van der Waals surface area contributed by atoms with Crippen LogP contribution in [0.2, 0.25) is 0 Å². The number of nitrogens with zero attached hydrogens (tertiary/aromatic N) is 1. The first kappa shape index (κ1) is 19.5. The summed E-state index contributed by atoms with van der Waals surface area (Å²) < 4.78 is 38.6. The Morgan fingerprint density at radius 2 is 1.57 bits per heavy atom. The third kappa shape index (κ3) is 4.41. The Morgan fingerprint density at radius 3 is 2.21 bits per heavy atom. The standard InChI is InChI=1S/C23H26F3NO/c24-23(25,26)21-8-4-7-17(11-21)9-10-27-15-19-13-22(28,14-20(19)16-27)12-18-5-2-1-3-6-18/h1-8,11,19-20,28H,9-10,12-16H2. The van der Waals surface area contributed by atoms with Gasteiger partial charge in [0, 0.05) is 26.1 Å². The lowest BCUT2D eigenvalue weighted by atomic mass is 9.91. The second kappa shape index (κ2) is 7.53. The molecule has 1 aliphatic carbocycles. The molecule has 28 heavy (non-hydrogen) atoms. The number of benzene rings is 2. The van der Waals surface area contributed by atoms with Crippen molar-refractivity contribution in [3.8, 4) is 0 Å². The van der Waals surface area contributed by atoms with E-state index >= 15 is 0 Å². The van der Waals surface area contributed by atoms with Crippen molar-refractivity contribution in [1.29, 1.82) is 0 Å². The average Bonchev–Trinajstić information content (AvgIpc) is 3.14. The molecule has 0 spiro atoms. The highest BCUT2D eigenvalue weighted by Crippen LogP contribution is 2.45. The fourth-order valence-corrected chi connectivity index (χ4v) is 5.05. The van der Waals surface area contributed by atoms with Gasteiger partial charge in [0.1, 0.15) is 0 Å². The van der Waals surface area contributed by atoms with E-state index in [-0.39, 0.29) is 0 Å². The van der Waals surface area contributed by atoms with Crippen LogP contribution in [0.5, 0.6) is 0 Å². The van der Waals surface area contributed by atoms with Gasteiger partial charge < -0.3 is 10.0 Å². The largest absolute Gasteiger partial charge is 0.416 e. The van der Waals surface area contributed by atoms with Crippen molar-refractivity contribution in [3.05, 3.63) is 71.3 Å². The van der Waals surface area contributed by atoms with E-state index in [4.69, 9.17) is 0 Å². The minimum absolute atomic E-state index is 0.482. The Labute approximate surface area is 164 Å². The predicted octanol–water partition coefficient (Wildman–Crippen LogP) is 4.56. The maximum absolute atomic E-state index is 12.9. The van der Waals surface area contributed by atoms with Crippen molar-refractivity contribution in [2.24, 2.45) is 11.8 Å². The number of likely N-dealkylation sites (tertiary alicyclic amines) is 1. The quantitative estimate of drug-likeness (QED) is 0.810. The van der Waals surface area contributed by atoms with Gasteiger partial charge >= 0.3 is 6.18 Å². The number of alkyl halides is 3. The van der Waals surface area contributed by atoms with Crippen LogP contribution in [-0.2, 0) is 19.0 Å². The first-order chi connectivity index (χ1) is 13.3. The summed E-state index contributed by atoms with van der Waals surface area (Å²) in [5, 5.41) is 11.0. The van der Waals surface area contributed by atoms with E-state index in [9.17, 15) is 18.3 Å². The highest BCUT2D eigenvalue weighted by atomic mass is 19.4. The van der Waals surface area contributed by atoms with Gasteiger partial charge in [-0.1, -0.05) is 48.5 Å². The lowest BCUT2D eigenvalue weighted by molar-refractivity contribution is -0.137. The van der Waals surface area contributed by atoms with E-state index in [1.807, 2.05) is 18.2 Å². The molecule has 2 atom stereocenters. The predicted molar refractivity (Wildman–Crippen MR) is 103 cm³/mol. The Hall–Kier alpha value is -1.85. The third-order valence-electron chi connectivity index (χ3n) is 6.28. The molecule has 150 valence electrons. The molecule has 1 saturated heterocycles. The topological polar surface area (TPSA) is 23.5 Å². The Kier molecular flexibility index (Phi) is 5.23. The molecule has 1 N–H and O–H groups in total. The molecule has 2 unspecified atom stereocenters. The van der Waals surface area contributed by atoms with Crippen LogP contribution in [0.1, 0.15) is 29.5 Å². The number of hydrogen-bond donors (Lipinski definition) is 1. The summed E-state index contributed by atoms with van der Waals surface area (Å²) in [5.41, 5.74) is 0.706. The molecule has 1 saturated carbocycles. The fraction of sp³-hybridized carbons (Fsp3) is 0.478. The summed E-state index contributed by atoms with van der Waals surface area (Å²) >= 11 is 0.